The van der Waals surface area contributed by atoms with Crippen molar-refractivity contribution in [3.05, 3.63) is 83.0 Å². The van der Waals surface area contributed by atoms with Crippen molar-refractivity contribution in [2.45, 2.75) is 32.0 Å². The van der Waals surface area contributed by atoms with Gasteiger partial charge < -0.3 is 20.5 Å². The molecule has 0 aliphatic carbocycles. The van der Waals surface area contributed by atoms with Crippen LogP contribution < -0.4 is 15.8 Å². The van der Waals surface area contributed by atoms with Crippen molar-refractivity contribution in [2.24, 2.45) is 5.73 Å². The van der Waals surface area contributed by atoms with Gasteiger partial charge in [-0.25, -0.2) is 4.39 Å². The number of hydrogen-bond donors (Lipinski definition) is 2. The van der Waals surface area contributed by atoms with Crippen LogP contribution in [0.25, 0.3) is 16.8 Å². The van der Waals surface area contributed by atoms with Gasteiger partial charge in [0.15, 0.2) is 11.5 Å². The van der Waals surface area contributed by atoms with E-state index in [1.165, 1.54) is 25.3 Å². The molecule has 8 nitrogen and oxygen atoms in total. The summed E-state index contributed by atoms with van der Waals surface area (Å²) in [6.45, 7) is 3.65. The molecule has 0 saturated heterocycles. The summed E-state index contributed by atoms with van der Waals surface area (Å²) < 4.78 is 27.1. The number of nitrogens with one attached hydrogen (secondary N) is 1. The molecular formula is C26H27ClFN5O3. The zero-order chi connectivity index (χ0) is 25.9. The van der Waals surface area contributed by atoms with Crippen molar-refractivity contribution in [2.75, 3.05) is 13.7 Å². The highest BCUT2D eigenvalue weighted by atomic mass is 35.5. The SMILES string of the molecule is COc1ccc(F)cc1-c1cc(Cl)cn2c([C@@H](COCc3ccccc3)NC(=O)C(C)(C)N)nnc12. The maximum Gasteiger partial charge on any atom is 0.240 e. The fourth-order valence-corrected chi connectivity index (χ4v) is 3.90. The highest BCUT2D eigenvalue weighted by Gasteiger charge is 2.29. The summed E-state index contributed by atoms with van der Waals surface area (Å²) in [5.74, 6) is 0.00994. The number of nitrogens with zero attached hydrogens (tertiary/aromatic N) is 3. The third kappa shape index (κ3) is 5.64. The van der Waals surface area contributed by atoms with Gasteiger partial charge in [-0.05, 0) is 43.7 Å². The molecule has 2 heterocycles. The minimum Gasteiger partial charge on any atom is -0.496 e. The third-order valence-corrected chi connectivity index (χ3v) is 5.75. The van der Waals surface area contributed by atoms with E-state index in [9.17, 15) is 9.18 Å². The van der Waals surface area contributed by atoms with Crippen LogP contribution in [0.15, 0.2) is 60.8 Å². The molecule has 0 aliphatic heterocycles. The molecule has 188 valence electrons. The Balaban J connectivity index is 1.74. The Labute approximate surface area is 213 Å². The van der Waals surface area contributed by atoms with Crippen LogP contribution >= 0.6 is 11.6 Å². The van der Waals surface area contributed by atoms with E-state index >= 15 is 0 Å². The zero-order valence-electron chi connectivity index (χ0n) is 20.2. The van der Waals surface area contributed by atoms with E-state index in [2.05, 4.69) is 15.5 Å². The second-order valence-electron chi connectivity index (χ2n) is 8.92. The van der Waals surface area contributed by atoms with Crippen LogP contribution in [-0.2, 0) is 16.1 Å². The molecule has 0 radical (unpaired) electrons. The van der Waals surface area contributed by atoms with Crippen LogP contribution in [-0.4, -0.2) is 39.8 Å². The fourth-order valence-electron chi connectivity index (χ4n) is 3.70. The van der Waals surface area contributed by atoms with Crippen LogP contribution in [0, 0.1) is 5.82 Å². The number of aromatic nitrogens is 3. The molecule has 0 bridgehead atoms. The predicted molar refractivity (Wildman–Crippen MR) is 135 cm³/mol. The number of pyridine rings is 1. The van der Waals surface area contributed by atoms with Crippen LogP contribution in [0.4, 0.5) is 4.39 Å². The van der Waals surface area contributed by atoms with Crippen LogP contribution in [0.5, 0.6) is 5.75 Å². The lowest BCUT2D eigenvalue weighted by Gasteiger charge is -2.23. The van der Waals surface area contributed by atoms with E-state index in [-0.39, 0.29) is 12.5 Å². The van der Waals surface area contributed by atoms with E-state index < -0.39 is 17.4 Å². The van der Waals surface area contributed by atoms with E-state index in [0.29, 0.717) is 40.0 Å². The molecule has 1 atom stereocenters. The van der Waals surface area contributed by atoms with Crippen molar-refractivity contribution in [1.82, 2.24) is 19.9 Å². The molecule has 36 heavy (non-hydrogen) atoms. The van der Waals surface area contributed by atoms with Crippen LogP contribution in [0.1, 0.15) is 31.3 Å². The van der Waals surface area contributed by atoms with Crippen LogP contribution in [0.3, 0.4) is 0 Å². The van der Waals surface area contributed by atoms with E-state index in [0.717, 1.165) is 5.56 Å². The molecule has 2 aromatic heterocycles. The monoisotopic (exact) mass is 511 g/mol. The molecule has 10 heteroatoms. The van der Waals surface area contributed by atoms with Crippen molar-refractivity contribution in [3.63, 3.8) is 0 Å². The molecular weight excluding hydrogens is 485 g/mol. The smallest absolute Gasteiger partial charge is 0.240 e. The van der Waals surface area contributed by atoms with E-state index in [1.54, 1.807) is 30.5 Å². The minimum atomic E-state index is -1.13. The number of carbonyl (C=O) groups is 1. The molecule has 0 aliphatic rings. The lowest BCUT2D eigenvalue weighted by molar-refractivity contribution is -0.126. The van der Waals surface area contributed by atoms with Gasteiger partial charge in [0, 0.05) is 17.3 Å². The van der Waals surface area contributed by atoms with Gasteiger partial charge in [0.2, 0.25) is 5.91 Å². The Morgan fingerprint density at radius 1 is 1.17 bits per heavy atom. The number of carbonyl (C=O) groups excluding carboxylic acids is 1. The standard InChI is InChI=1S/C26H27ClFN5O3/c1-26(2,29)25(34)30-21(15-36-14-16-7-5-4-6-8-16)24-32-31-23-20(11-17(27)13-33(23)24)19-12-18(28)9-10-22(19)35-3/h4-13,21H,14-15,29H2,1-3H3,(H,30,34)/t21-/m1/s1. The number of hydrogen-bond acceptors (Lipinski definition) is 6. The third-order valence-electron chi connectivity index (χ3n) is 5.55. The number of rotatable bonds is 9. The van der Waals surface area contributed by atoms with Crippen molar-refractivity contribution in [3.8, 4) is 16.9 Å². The van der Waals surface area contributed by atoms with Gasteiger partial charge in [0.25, 0.3) is 0 Å². The van der Waals surface area contributed by atoms with Gasteiger partial charge in [-0.1, -0.05) is 41.9 Å². The molecule has 2 aromatic carbocycles. The average Bonchev–Trinajstić information content (AvgIpc) is 3.26. The highest BCUT2D eigenvalue weighted by molar-refractivity contribution is 6.31. The number of methoxy groups -OCH3 is 1. The first-order chi connectivity index (χ1) is 17.2. The van der Waals surface area contributed by atoms with Gasteiger partial charge in [-0.2, -0.15) is 0 Å². The zero-order valence-corrected chi connectivity index (χ0v) is 20.9. The van der Waals surface area contributed by atoms with Crippen LogP contribution in [0.2, 0.25) is 5.02 Å². The summed E-state index contributed by atoms with van der Waals surface area (Å²) in [6, 6.07) is 14.8. The normalized spacial score (nSPS) is 12.5. The quantitative estimate of drug-likeness (QED) is 0.347. The number of nitrogens with two attached hydrogens (primary N) is 1. The Kier molecular flexibility index (Phi) is 7.53. The van der Waals surface area contributed by atoms with E-state index in [1.807, 2.05) is 30.3 Å². The van der Waals surface area contributed by atoms with E-state index in [4.69, 9.17) is 26.8 Å². The lowest BCUT2D eigenvalue weighted by Crippen LogP contribution is -2.50. The minimum absolute atomic E-state index is 0.0998. The second kappa shape index (κ2) is 10.6. The maximum absolute atomic E-state index is 14.1. The topological polar surface area (TPSA) is 104 Å². The van der Waals surface area contributed by atoms with Gasteiger partial charge in [0.1, 0.15) is 17.6 Å². The Morgan fingerprint density at radius 3 is 2.61 bits per heavy atom. The molecule has 4 rings (SSSR count). The fraction of sp³-hybridized carbons (Fsp3) is 0.269. The lowest BCUT2D eigenvalue weighted by atomic mass is 10.1. The first kappa shape index (κ1) is 25.6. The number of halogens is 2. The molecule has 3 N–H and O–H groups in total. The molecule has 4 aromatic rings. The summed E-state index contributed by atoms with van der Waals surface area (Å²) in [4.78, 5) is 12.8. The van der Waals surface area contributed by atoms with Crippen molar-refractivity contribution >= 4 is 23.2 Å². The number of fused-ring (bicyclic) bond motifs is 1. The Hall–Kier alpha value is -3.53. The molecule has 0 saturated carbocycles. The summed E-state index contributed by atoms with van der Waals surface area (Å²) in [6.07, 6.45) is 1.63. The number of benzene rings is 2. The summed E-state index contributed by atoms with van der Waals surface area (Å²) in [5.41, 5.74) is 7.27. The number of ether oxygens (including phenoxy) is 2. The first-order valence-electron chi connectivity index (χ1n) is 11.3. The van der Waals surface area contributed by atoms with Crippen molar-refractivity contribution < 1.29 is 18.7 Å². The molecule has 0 unspecified atom stereocenters. The van der Waals surface area contributed by atoms with Gasteiger partial charge in [-0.3, -0.25) is 9.20 Å². The first-order valence-corrected chi connectivity index (χ1v) is 11.6. The average molecular weight is 512 g/mol. The molecule has 0 spiro atoms. The Bertz CT molecular complexity index is 1370. The molecule has 1 amide bonds. The Morgan fingerprint density at radius 2 is 1.92 bits per heavy atom. The highest BCUT2D eigenvalue weighted by Crippen LogP contribution is 2.35. The van der Waals surface area contributed by atoms with Gasteiger partial charge >= 0.3 is 0 Å². The number of amides is 1. The summed E-state index contributed by atoms with van der Waals surface area (Å²) >= 11 is 6.46. The van der Waals surface area contributed by atoms with Crippen molar-refractivity contribution in [1.29, 1.82) is 0 Å². The summed E-state index contributed by atoms with van der Waals surface area (Å²) in [5, 5.41) is 12.0. The van der Waals surface area contributed by atoms with Gasteiger partial charge in [0.05, 0.1) is 30.9 Å². The predicted octanol–water partition coefficient (Wildman–Crippen LogP) is 4.31. The second-order valence-corrected chi connectivity index (χ2v) is 9.35. The maximum atomic E-state index is 14.1. The van der Waals surface area contributed by atoms with Gasteiger partial charge in [-0.15, -0.1) is 10.2 Å². The summed E-state index contributed by atoms with van der Waals surface area (Å²) in [7, 11) is 1.50. The largest absolute Gasteiger partial charge is 0.496 e. The molecule has 0 fully saturated rings.